The second-order valence-electron chi connectivity index (χ2n) is 9.06. The second-order valence-corrected chi connectivity index (χ2v) is 11.0. The highest BCUT2D eigenvalue weighted by atomic mass is 32.2. The zero-order valence-electron chi connectivity index (χ0n) is 21.7. The molecule has 1 saturated heterocycles. The van der Waals surface area contributed by atoms with Crippen LogP contribution >= 0.6 is 0 Å². The molecule has 0 aliphatic carbocycles. The predicted octanol–water partition coefficient (Wildman–Crippen LogP) is 4.46. The summed E-state index contributed by atoms with van der Waals surface area (Å²) in [7, 11) is -0.384. The van der Waals surface area contributed by atoms with Crippen molar-refractivity contribution in [1.29, 1.82) is 0 Å². The summed E-state index contributed by atoms with van der Waals surface area (Å²) in [6.45, 7) is 3.98. The molecule has 4 aromatic rings. The Morgan fingerprint density at radius 3 is 2.24 bits per heavy atom. The molecule has 38 heavy (non-hydrogen) atoms. The van der Waals surface area contributed by atoms with E-state index in [0.29, 0.717) is 43.6 Å². The quantitative estimate of drug-likeness (QED) is 0.355. The summed E-state index contributed by atoms with van der Waals surface area (Å²) in [5.41, 5.74) is 1.65. The fourth-order valence-corrected chi connectivity index (χ4v) is 6.07. The summed E-state index contributed by atoms with van der Waals surface area (Å²) in [5, 5.41) is 4.33. The van der Waals surface area contributed by atoms with Crippen LogP contribution in [0.25, 0.3) is 10.9 Å². The van der Waals surface area contributed by atoms with E-state index in [1.165, 1.54) is 4.31 Å². The number of nitrogens with zero attached hydrogens (tertiary/aromatic N) is 4. The number of hydrogen-bond donors (Lipinski definition) is 1. The number of para-hydroxylation sites is 3. The minimum atomic E-state index is -3.58. The lowest BCUT2D eigenvalue weighted by atomic mass is 10.2. The third kappa shape index (κ3) is 5.15. The van der Waals surface area contributed by atoms with Crippen molar-refractivity contribution < 1.29 is 17.9 Å². The molecule has 1 atom stereocenters. The van der Waals surface area contributed by atoms with Crippen molar-refractivity contribution in [3.63, 3.8) is 0 Å². The normalized spacial score (nSPS) is 15.8. The molecule has 1 aliphatic heterocycles. The van der Waals surface area contributed by atoms with Crippen LogP contribution in [-0.2, 0) is 10.0 Å². The number of hydrogen-bond acceptors (Lipinski definition) is 8. The maximum atomic E-state index is 13.2. The maximum Gasteiger partial charge on any atom is 0.243 e. The van der Waals surface area contributed by atoms with Crippen LogP contribution in [0.2, 0.25) is 0 Å². The van der Waals surface area contributed by atoms with Gasteiger partial charge in [-0.15, -0.1) is 0 Å². The summed E-state index contributed by atoms with van der Waals surface area (Å²) in [5.74, 6) is 2.71. The highest BCUT2D eigenvalue weighted by Crippen LogP contribution is 2.31. The number of benzene rings is 3. The van der Waals surface area contributed by atoms with Gasteiger partial charge in [0.25, 0.3) is 0 Å². The Balaban J connectivity index is 1.36. The largest absolute Gasteiger partial charge is 0.497 e. The minimum absolute atomic E-state index is 0.108. The standard InChI is InChI=1S/C28H31N5O4S/c1-20(32-16-18-33(19-17-32)38(34,35)22-14-12-21(36-2)13-15-22)27-29-24-9-5-4-8-23(24)28(31-27)30-25-10-6-7-11-26(25)37-3/h4-15,20H,16-19H2,1-3H3,(H,29,30,31)/t20-/m0/s1. The molecule has 0 bridgehead atoms. The Labute approximate surface area is 223 Å². The van der Waals surface area contributed by atoms with Crippen LogP contribution in [0.5, 0.6) is 11.5 Å². The SMILES string of the molecule is COc1ccc(S(=O)(=O)N2CCN([C@@H](C)c3nc(Nc4ccccc4OC)c4ccccc4n3)CC2)cc1. The van der Waals surface area contributed by atoms with Gasteiger partial charge in [0.2, 0.25) is 10.0 Å². The third-order valence-electron chi connectivity index (χ3n) is 6.87. The van der Waals surface area contributed by atoms with Crippen molar-refractivity contribution in [2.45, 2.75) is 17.9 Å². The van der Waals surface area contributed by atoms with Crippen LogP contribution in [0, 0.1) is 0 Å². The molecule has 3 aromatic carbocycles. The summed E-state index contributed by atoms with van der Waals surface area (Å²) in [6, 6.07) is 22.0. The predicted molar refractivity (Wildman–Crippen MR) is 148 cm³/mol. The molecule has 198 valence electrons. The van der Waals surface area contributed by atoms with Crippen molar-refractivity contribution in [3.8, 4) is 11.5 Å². The molecule has 0 spiro atoms. The van der Waals surface area contributed by atoms with Crippen LogP contribution in [-0.4, -0.2) is 68.0 Å². The van der Waals surface area contributed by atoms with Crippen LogP contribution in [0.15, 0.2) is 77.7 Å². The Morgan fingerprint density at radius 1 is 0.842 bits per heavy atom. The van der Waals surface area contributed by atoms with Gasteiger partial charge in [-0.2, -0.15) is 4.31 Å². The van der Waals surface area contributed by atoms with Crippen molar-refractivity contribution in [2.24, 2.45) is 0 Å². The minimum Gasteiger partial charge on any atom is -0.497 e. The number of sulfonamides is 1. The molecular weight excluding hydrogens is 502 g/mol. The van der Waals surface area contributed by atoms with Crippen LogP contribution in [0.1, 0.15) is 18.8 Å². The third-order valence-corrected chi connectivity index (χ3v) is 8.79. The first-order valence-electron chi connectivity index (χ1n) is 12.5. The molecule has 1 N–H and O–H groups in total. The lowest BCUT2D eigenvalue weighted by Gasteiger charge is -2.36. The molecule has 1 aliphatic rings. The fourth-order valence-electron chi connectivity index (χ4n) is 4.64. The molecule has 1 fully saturated rings. The maximum absolute atomic E-state index is 13.2. The van der Waals surface area contributed by atoms with Crippen molar-refractivity contribution in [3.05, 3.63) is 78.6 Å². The van der Waals surface area contributed by atoms with Gasteiger partial charge in [-0.25, -0.2) is 18.4 Å². The van der Waals surface area contributed by atoms with Crippen LogP contribution in [0.4, 0.5) is 11.5 Å². The fraction of sp³-hybridized carbons (Fsp3) is 0.286. The molecule has 5 rings (SSSR count). The first-order chi connectivity index (χ1) is 18.4. The van der Waals surface area contributed by atoms with E-state index in [9.17, 15) is 8.42 Å². The molecule has 1 aromatic heterocycles. The Bertz CT molecular complexity index is 1520. The first-order valence-corrected chi connectivity index (χ1v) is 13.9. The van der Waals surface area contributed by atoms with Gasteiger partial charge in [0, 0.05) is 31.6 Å². The average Bonchev–Trinajstić information content (AvgIpc) is 2.97. The Hall–Kier alpha value is -3.73. The van der Waals surface area contributed by atoms with E-state index in [0.717, 1.165) is 22.3 Å². The number of anilines is 2. The summed E-state index contributed by atoms with van der Waals surface area (Å²) >= 11 is 0. The lowest BCUT2D eigenvalue weighted by molar-refractivity contribution is 0.141. The number of methoxy groups -OCH3 is 2. The van der Waals surface area contributed by atoms with Gasteiger partial charge in [-0.05, 0) is 55.5 Å². The van der Waals surface area contributed by atoms with Gasteiger partial charge >= 0.3 is 0 Å². The average molecular weight is 534 g/mol. The molecule has 9 nitrogen and oxygen atoms in total. The number of rotatable bonds is 8. The highest BCUT2D eigenvalue weighted by Gasteiger charge is 2.31. The van der Waals surface area contributed by atoms with Crippen molar-refractivity contribution in [1.82, 2.24) is 19.2 Å². The number of ether oxygens (including phenoxy) is 2. The van der Waals surface area contributed by atoms with E-state index >= 15 is 0 Å². The van der Waals surface area contributed by atoms with E-state index in [1.54, 1.807) is 38.5 Å². The second kappa shape index (κ2) is 10.9. The first kappa shape index (κ1) is 25.9. The monoisotopic (exact) mass is 533 g/mol. The Kier molecular flexibility index (Phi) is 7.46. The van der Waals surface area contributed by atoms with E-state index in [1.807, 2.05) is 48.5 Å². The summed E-state index contributed by atoms with van der Waals surface area (Å²) in [6.07, 6.45) is 0. The number of nitrogens with one attached hydrogen (secondary N) is 1. The smallest absolute Gasteiger partial charge is 0.243 e. The van der Waals surface area contributed by atoms with Gasteiger partial charge in [-0.3, -0.25) is 4.90 Å². The topological polar surface area (TPSA) is 96.9 Å². The van der Waals surface area contributed by atoms with Gasteiger partial charge in [-0.1, -0.05) is 24.3 Å². The zero-order valence-corrected chi connectivity index (χ0v) is 22.5. The van der Waals surface area contributed by atoms with E-state index in [-0.39, 0.29) is 10.9 Å². The Morgan fingerprint density at radius 2 is 1.53 bits per heavy atom. The molecule has 0 unspecified atom stereocenters. The molecule has 0 amide bonds. The van der Waals surface area contributed by atoms with E-state index in [4.69, 9.17) is 19.4 Å². The van der Waals surface area contributed by atoms with Gasteiger partial charge in [0.1, 0.15) is 23.1 Å². The number of aromatic nitrogens is 2. The number of fused-ring (bicyclic) bond motifs is 1. The summed E-state index contributed by atoms with van der Waals surface area (Å²) < 4.78 is 38.5. The van der Waals surface area contributed by atoms with Gasteiger partial charge < -0.3 is 14.8 Å². The van der Waals surface area contributed by atoms with E-state index < -0.39 is 10.0 Å². The van der Waals surface area contributed by atoms with E-state index in [2.05, 4.69) is 17.1 Å². The molecule has 0 radical (unpaired) electrons. The van der Waals surface area contributed by atoms with Crippen molar-refractivity contribution >= 4 is 32.4 Å². The lowest BCUT2D eigenvalue weighted by Crippen LogP contribution is -2.49. The van der Waals surface area contributed by atoms with Crippen molar-refractivity contribution in [2.75, 3.05) is 45.7 Å². The van der Waals surface area contributed by atoms with Gasteiger partial charge in [0.15, 0.2) is 0 Å². The molecule has 10 heteroatoms. The molecule has 2 heterocycles. The molecule has 0 saturated carbocycles. The number of piperazine rings is 1. The molecular formula is C28H31N5O4S. The zero-order chi connectivity index (χ0) is 26.7. The van der Waals surface area contributed by atoms with Gasteiger partial charge in [0.05, 0.1) is 36.4 Å². The summed E-state index contributed by atoms with van der Waals surface area (Å²) in [4.78, 5) is 12.3. The highest BCUT2D eigenvalue weighted by molar-refractivity contribution is 7.89. The van der Waals surface area contributed by atoms with Crippen LogP contribution in [0.3, 0.4) is 0 Å². The van der Waals surface area contributed by atoms with Crippen LogP contribution < -0.4 is 14.8 Å².